The number of hydrogen-bond donors (Lipinski definition) is 1. The molecule has 0 saturated carbocycles. The van der Waals surface area contributed by atoms with Gasteiger partial charge < -0.3 is 9.88 Å². The standard InChI is InChI=1S/C15H23N3S/c1-4-6-17-15(12(2)3)13-5-8-18(10-13)11-14-16-7-9-19-14/h5,7-10,12,15,17H,4,6,11H2,1-3H3. The fourth-order valence-electron chi connectivity index (χ4n) is 2.27. The molecule has 1 unspecified atom stereocenters. The Kier molecular flexibility index (Phi) is 5.16. The van der Waals surface area contributed by atoms with E-state index in [2.05, 4.69) is 54.1 Å². The number of thiazole rings is 1. The molecule has 4 heteroatoms. The molecule has 0 spiro atoms. The highest BCUT2D eigenvalue weighted by atomic mass is 32.1. The average Bonchev–Trinajstić information content (AvgIpc) is 3.02. The second kappa shape index (κ2) is 6.87. The lowest BCUT2D eigenvalue weighted by molar-refractivity contribution is 0.412. The molecule has 0 saturated heterocycles. The van der Waals surface area contributed by atoms with Gasteiger partial charge in [-0.25, -0.2) is 4.98 Å². The van der Waals surface area contributed by atoms with Gasteiger partial charge in [-0.1, -0.05) is 20.8 Å². The molecule has 2 aromatic rings. The van der Waals surface area contributed by atoms with Gasteiger partial charge in [-0.05, 0) is 30.5 Å². The van der Waals surface area contributed by atoms with Crippen LogP contribution in [0.4, 0.5) is 0 Å². The summed E-state index contributed by atoms with van der Waals surface area (Å²) < 4.78 is 2.22. The zero-order valence-electron chi connectivity index (χ0n) is 12.0. The lowest BCUT2D eigenvalue weighted by Gasteiger charge is -2.21. The molecule has 0 fully saturated rings. The van der Waals surface area contributed by atoms with E-state index < -0.39 is 0 Å². The van der Waals surface area contributed by atoms with Gasteiger partial charge in [0.05, 0.1) is 6.54 Å². The van der Waals surface area contributed by atoms with Crippen LogP contribution >= 0.6 is 11.3 Å². The Morgan fingerprint density at radius 3 is 2.89 bits per heavy atom. The number of aromatic nitrogens is 2. The lowest BCUT2D eigenvalue weighted by Crippen LogP contribution is -2.26. The van der Waals surface area contributed by atoms with Crippen molar-refractivity contribution in [1.29, 1.82) is 0 Å². The maximum atomic E-state index is 4.33. The number of hydrogen-bond acceptors (Lipinski definition) is 3. The van der Waals surface area contributed by atoms with Crippen molar-refractivity contribution in [2.24, 2.45) is 5.92 Å². The summed E-state index contributed by atoms with van der Waals surface area (Å²) in [6, 6.07) is 2.67. The summed E-state index contributed by atoms with van der Waals surface area (Å²) in [6.45, 7) is 8.69. The van der Waals surface area contributed by atoms with Gasteiger partial charge >= 0.3 is 0 Å². The summed E-state index contributed by atoms with van der Waals surface area (Å²) in [5.74, 6) is 0.599. The Morgan fingerprint density at radius 2 is 2.26 bits per heavy atom. The smallest absolute Gasteiger partial charge is 0.112 e. The van der Waals surface area contributed by atoms with Crippen LogP contribution in [0.25, 0.3) is 0 Å². The Labute approximate surface area is 119 Å². The molecule has 1 N–H and O–H groups in total. The molecule has 3 nitrogen and oxygen atoms in total. The van der Waals surface area contributed by atoms with Crippen molar-refractivity contribution in [2.75, 3.05) is 6.54 Å². The van der Waals surface area contributed by atoms with E-state index in [4.69, 9.17) is 0 Å². The molecule has 2 aromatic heterocycles. The van der Waals surface area contributed by atoms with Crippen LogP contribution in [0.5, 0.6) is 0 Å². The van der Waals surface area contributed by atoms with Crippen molar-refractivity contribution >= 4 is 11.3 Å². The van der Waals surface area contributed by atoms with E-state index in [1.807, 2.05) is 11.6 Å². The Morgan fingerprint density at radius 1 is 1.42 bits per heavy atom. The number of nitrogens with one attached hydrogen (secondary N) is 1. The predicted octanol–water partition coefficient (Wildman–Crippen LogP) is 3.69. The molecule has 0 aromatic carbocycles. The molecule has 1 atom stereocenters. The maximum Gasteiger partial charge on any atom is 0.112 e. The quantitative estimate of drug-likeness (QED) is 0.836. The molecule has 2 rings (SSSR count). The third-order valence-corrected chi connectivity index (χ3v) is 3.98. The van der Waals surface area contributed by atoms with E-state index in [1.54, 1.807) is 11.3 Å². The maximum absolute atomic E-state index is 4.33. The van der Waals surface area contributed by atoms with Crippen LogP contribution in [0, 0.1) is 5.92 Å². The van der Waals surface area contributed by atoms with Crippen LogP contribution in [-0.2, 0) is 6.54 Å². The summed E-state index contributed by atoms with van der Waals surface area (Å²) in [4.78, 5) is 4.33. The van der Waals surface area contributed by atoms with Gasteiger partial charge in [-0.3, -0.25) is 0 Å². The molecular weight excluding hydrogens is 254 g/mol. The molecule has 2 heterocycles. The highest BCUT2D eigenvalue weighted by Crippen LogP contribution is 2.22. The minimum atomic E-state index is 0.442. The van der Waals surface area contributed by atoms with Crippen LogP contribution in [0.3, 0.4) is 0 Å². The monoisotopic (exact) mass is 277 g/mol. The van der Waals surface area contributed by atoms with Crippen molar-refractivity contribution in [3.63, 3.8) is 0 Å². The zero-order valence-corrected chi connectivity index (χ0v) is 12.8. The molecule has 0 aliphatic heterocycles. The summed E-state index contributed by atoms with van der Waals surface area (Å²) in [7, 11) is 0. The molecule has 19 heavy (non-hydrogen) atoms. The van der Waals surface area contributed by atoms with Crippen molar-refractivity contribution in [1.82, 2.24) is 14.9 Å². The topological polar surface area (TPSA) is 29.9 Å². The van der Waals surface area contributed by atoms with Gasteiger partial charge in [0.1, 0.15) is 5.01 Å². The van der Waals surface area contributed by atoms with Gasteiger partial charge in [0.25, 0.3) is 0 Å². The zero-order chi connectivity index (χ0) is 13.7. The summed E-state index contributed by atoms with van der Waals surface area (Å²) >= 11 is 1.71. The summed E-state index contributed by atoms with van der Waals surface area (Å²) in [5.41, 5.74) is 1.38. The SMILES string of the molecule is CCCNC(c1ccn(Cc2nccs2)c1)C(C)C. The number of rotatable bonds is 7. The van der Waals surface area contributed by atoms with E-state index >= 15 is 0 Å². The normalized spacial score (nSPS) is 13.1. The second-order valence-corrected chi connectivity index (χ2v) is 6.20. The van der Waals surface area contributed by atoms with Crippen LogP contribution in [0.1, 0.15) is 43.8 Å². The Hall–Kier alpha value is -1.13. The molecular formula is C15H23N3S. The van der Waals surface area contributed by atoms with Crippen molar-refractivity contribution in [2.45, 2.75) is 39.8 Å². The molecule has 0 bridgehead atoms. The lowest BCUT2D eigenvalue weighted by atomic mass is 9.98. The minimum Gasteiger partial charge on any atom is -0.347 e. The second-order valence-electron chi connectivity index (χ2n) is 5.22. The van der Waals surface area contributed by atoms with Crippen LogP contribution < -0.4 is 5.32 Å². The van der Waals surface area contributed by atoms with Gasteiger partial charge in [-0.2, -0.15) is 0 Å². The van der Waals surface area contributed by atoms with Gasteiger partial charge in [0.15, 0.2) is 0 Å². The molecule has 0 aliphatic rings. The fraction of sp³-hybridized carbons (Fsp3) is 0.533. The predicted molar refractivity (Wildman–Crippen MR) is 81.5 cm³/mol. The van der Waals surface area contributed by atoms with Crippen molar-refractivity contribution in [3.05, 3.63) is 40.6 Å². The van der Waals surface area contributed by atoms with Gasteiger partial charge in [0.2, 0.25) is 0 Å². The van der Waals surface area contributed by atoms with Crippen molar-refractivity contribution in [3.8, 4) is 0 Å². The highest BCUT2D eigenvalue weighted by Gasteiger charge is 2.15. The molecule has 0 aliphatic carbocycles. The van der Waals surface area contributed by atoms with Crippen LogP contribution in [-0.4, -0.2) is 16.1 Å². The van der Waals surface area contributed by atoms with Crippen LogP contribution in [0.15, 0.2) is 30.0 Å². The fourth-order valence-corrected chi connectivity index (χ4v) is 2.89. The summed E-state index contributed by atoms with van der Waals surface area (Å²) in [6.07, 6.45) is 7.43. The van der Waals surface area contributed by atoms with Crippen molar-refractivity contribution < 1.29 is 0 Å². The van der Waals surface area contributed by atoms with Gasteiger partial charge in [-0.15, -0.1) is 11.3 Å². The van der Waals surface area contributed by atoms with E-state index in [9.17, 15) is 0 Å². The first-order valence-corrected chi connectivity index (χ1v) is 7.86. The summed E-state index contributed by atoms with van der Waals surface area (Å²) in [5, 5.41) is 6.82. The highest BCUT2D eigenvalue weighted by molar-refractivity contribution is 7.09. The van der Waals surface area contributed by atoms with E-state index in [0.717, 1.165) is 18.1 Å². The molecule has 0 amide bonds. The van der Waals surface area contributed by atoms with E-state index in [1.165, 1.54) is 12.0 Å². The first-order chi connectivity index (χ1) is 9.20. The third kappa shape index (κ3) is 3.91. The first kappa shape index (κ1) is 14.3. The molecule has 104 valence electrons. The Bertz CT molecular complexity index is 473. The first-order valence-electron chi connectivity index (χ1n) is 6.98. The average molecular weight is 277 g/mol. The van der Waals surface area contributed by atoms with Gasteiger partial charge in [0, 0.05) is 30.0 Å². The largest absolute Gasteiger partial charge is 0.347 e. The van der Waals surface area contributed by atoms with Crippen LogP contribution in [0.2, 0.25) is 0 Å². The Balaban J connectivity index is 2.05. The molecule has 0 radical (unpaired) electrons. The minimum absolute atomic E-state index is 0.442. The van der Waals surface area contributed by atoms with E-state index in [0.29, 0.717) is 12.0 Å². The number of nitrogens with zero attached hydrogens (tertiary/aromatic N) is 2. The third-order valence-electron chi connectivity index (χ3n) is 3.21. The van der Waals surface area contributed by atoms with E-state index in [-0.39, 0.29) is 0 Å².